The van der Waals surface area contributed by atoms with Crippen LogP contribution in [0.25, 0.3) is 20.8 Å². The number of fused-ring (bicyclic) bond motifs is 1. The summed E-state index contributed by atoms with van der Waals surface area (Å²) >= 11 is 1.49. The largest absolute Gasteiger partial charge is 0.453 e. The van der Waals surface area contributed by atoms with Gasteiger partial charge in [0.2, 0.25) is 0 Å². The van der Waals surface area contributed by atoms with Crippen molar-refractivity contribution in [3.63, 3.8) is 0 Å². The molecular weight excluding hydrogens is 534 g/mol. The number of aromatic nitrogens is 2. The van der Waals surface area contributed by atoms with Crippen molar-refractivity contribution in [3.8, 4) is 22.1 Å². The van der Waals surface area contributed by atoms with Crippen LogP contribution in [0.15, 0.2) is 54.9 Å². The SMILES string of the molecule is O=C(Nc1ccc(Oc2ccnc3cc(-c4ccc(CN5CCN(CCF)CC5)cn4)sc23)c(F)c1)NC1CC1. The van der Waals surface area contributed by atoms with Gasteiger partial charge in [-0.2, -0.15) is 0 Å². The van der Waals surface area contributed by atoms with Gasteiger partial charge >= 0.3 is 6.03 Å². The molecule has 208 valence electrons. The molecule has 1 aliphatic heterocycles. The van der Waals surface area contributed by atoms with Gasteiger partial charge in [-0.3, -0.25) is 19.8 Å². The van der Waals surface area contributed by atoms with Crippen molar-refractivity contribution in [2.75, 3.05) is 44.7 Å². The Balaban J connectivity index is 1.12. The van der Waals surface area contributed by atoms with Crippen LogP contribution in [0.2, 0.25) is 0 Å². The van der Waals surface area contributed by atoms with Crippen LogP contribution in [-0.4, -0.2) is 71.2 Å². The number of carbonyl (C=O) groups is 1. The second kappa shape index (κ2) is 11.8. The highest BCUT2D eigenvalue weighted by atomic mass is 32.1. The molecule has 2 amide bonds. The summed E-state index contributed by atoms with van der Waals surface area (Å²) in [6.07, 6.45) is 5.48. The summed E-state index contributed by atoms with van der Waals surface area (Å²) < 4.78 is 34.2. The molecule has 0 unspecified atom stereocenters. The molecule has 2 fully saturated rings. The molecule has 0 radical (unpaired) electrons. The molecule has 2 N–H and O–H groups in total. The van der Waals surface area contributed by atoms with E-state index in [1.807, 2.05) is 18.3 Å². The van der Waals surface area contributed by atoms with Gasteiger partial charge in [0.1, 0.15) is 12.4 Å². The standard InChI is InChI=1S/C29H30F2N6O2S/c30-8-10-36-11-13-37(14-12-36)18-19-1-5-23(33-17-19)27-16-24-28(40-27)26(7-9-32-24)39-25-6-4-21(15-22(25)31)35-29(38)34-20-2-3-20/h1,4-7,9,15-17,20H,2-3,8,10-14,18H2,(H2,34,35,38). The van der Waals surface area contributed by atoms with Gasteiger partial charge in [0.15, 0.2) is 11.6 Å². The highest BCUT2D eigenvalue weighted by Gasteiger charge is 2.23. The van der Waals surface area contributed by atoms with Crippen molar-refractivity contribution < 1.29 is 18.3 Å². The van der Waals surface area contributed by atoms with Crippen LogP contribution in [-0.2, 0) is 6.54 Å². The first-order chi connectivity index (χ1) is 19.5. The predicted octanol–water partition coefficient (Wildman–Crippen LogP) is 5.66. The zero-order valence-electron chi connectivity index (χ0n) is 21.9. The van der Waals surface area contributed by atoms with Crippen LogP contribution in [0.5, 0.6) is 11.5 Å². The number of hydrogen-bond donors (Lipinski definition) is 2. The highest BCUT2D eigenvalue weighted by molar-refractivity contribution is 7.22. The maximum atomic E-state index is 14.9. The molecule has 1 saturated carbocycles. The van der Waals surface area contributed by atoms with E-state index in [0.717, 1.165) is 71.9 Å². The number of carbonyl (C=O) groups excluding carboxylic acids is 1. The van der Waals surface area contributed by atoms with E-state index in [-0.39, 0.29) is 24.5 Å². The number of halogens is 2. The number of urea groups is 1. The van der Waals surface area contributed by atoms with Crippen LogP contribution < -0.4 is 15.4 Å². The van der Waals surface area contributed by atoms with Crippen LogP contribution >= 0.6 is 11.3 Å². The zero-order valence-corrected chi connectivity index (χ0v) is 22.7. The Morgan fingerprint density at radius 2 is 1.85 bits per heavy atom. The topological polar surface area (TPSA) is 82.6 Å². The van der Waals surface area contributed by atoms with E-state index in [4.69, 9.17) is 9.72 Å². The number of rotatable bonds is 9. The van der Waals surface area contributed by atoms with Crippen LogP contribution in [0.4, 0.5) is 19.3 Å². The van der Waals surface area contributed by atoms with Crippen molar-refractivity contribution in [2.24, 2.45) is 0 Å². The summed E-state index contributed by atoms with van der Waals surface area (Å²) in [5.41, 5.74) is 3.06. The van der Waals surface area contributed by atoms with E-state index < -0.39 is 5.82 Å². The van der Waals surface area contributed by atoms with Crippen LogP contribution in [0.3, 0.4) is 0 Å². The molecule has 6 rings (SSSR count). The van der Waals surface area contributed by atoms with E-state index in [1.165, 1.54) is 23.5 Å². The van der Waals surface area contributed by atoms with Gasteiger partial charge in [0.05, 0.1) is 20.8 Å². The first kappa shape index (κ1) is 26.5. The molecule has 2 aliphatic rings. The molecule has 1 saturated heterocycles. The average Bonchev–Trinajstić information content (AvgIpc) is 3.65. The molecular formula is C29H30F2N6O2S. The summed E-state index contributed by atoms with van der Waals surface area (Å²) in [4.78, 5) is 26.6. The third-order valence-electron chi connectivity index (χ3n) is 7.05. The Kier molecular flexibility index (Phi) is 7.85. The minimum atomic E-state index is -0.577. The molecule has 0 atom stereocenters. The second-order valence-electron chi connectivity index (χ2n) is 10.1. The second-order valence-corrected chi connectivity index (χ2v) is 11.2. The molecule has 4 aromatic rings. The zero-order chi connectivity index (χ0) is 27.5. The smallest absolute Gasteiger partial charge is 0.319 e. The molecule has 1 aromatic carbocycles. The minimum Gasteiger partial charge on any atom is -0.453 e. The summed E-state index contributed by atoms with van der Waals surface area (Å²) in [6, 6.07) is 12.0. The fraction of sp³-hybridized carbons (Fsp3) is 0.345. The lowest BCUT2D eigenvalue weighted by Gasteiger charge is -2.34. The van der Waals surface area contributed by atoms with E-state index in [2.05, 4.69) is 31.5 Å². The number of hydrogen-bond acceptors (Lipinski definition) is 7. The summed E-state index contributed by atoms with van der Waals surface area (Å²) in [5.74, 6) is -0.0217. The molecule has 0 spiro atoms. The third kappa shape index (κ3) is 6.38. The molecule has 8 nitrogen and oxygen atoms in total. The molecule has 40 heavy (non-hydrogen) atoms. The fourth-order valence-electron chi connectivity index (χ4n) is 4.69. The minimum absolute atomic E-state index is 0.0589. The van der Waals surface area contributed by atoms with Gasteiger partial charge in [-0.25, -0.2) is 13.6 Å². The number of nitrogens with one attached hydrogen (secondary N) is 2. The quantitative estimate of drug-likeness (QED) is 0.273. The summed E-state index contributed by atoms with van der Waals surface area (Å²) in [6.45, 7) is 4.64. The monoisotopic (exact) mass is 564 g/mol. The normalized spacial score (nSPS) is 16.2. The summed E-state index contributed by atoms with van der Waals surface area (Å²) in [7, 11) is 0. The number of ether oxygens (including phenoxy) is 1. The van der Waals surface area contributed by atoms with Gasteiger partial charge in [-0.05, 0) is 42.7 Å². The maximum Gasteiger partial charge on any atom is 0.319 e. The van der Waals surface area contributed by atoms with Crippen molar-refractivity contribution in [1.29, 1.82) is 0 Å². The number of alkyl halides is 1. The van der Waals surface area contributed by atoms with Gasteiger partial charge in [0.25, 0.3) is 0 Å². The Morgan fingerprint density at radius 1 is 1.02 bits per heavy atom. The number of pyridine rings is 2. The number of piperazine rings is 1. The van der Waals surface area contributed by atoms with Gasteiger partial charge in [-0.1, -0.05) is 6.07 Å². The van der Waals surface area contributed by atoms with Gasteiger partial charge in [-0.15, -0.1) is 11.3 Å². The fourth-order valence-corrected chi connectivity index (χ4v) is 5.74. The number of amides is 2. The molecule has 1 aliphatic carbocycles. The maximum absolute atomic E-state index is 14.9. The van der Waals surface area contributed by atoms with E-state index in [9.17, 15) is 13.6 Å². The van der Waals surface area contributed by atoms with Crippen LogP contribution in [0, 0.1) is 5.82 Å². The highest BCUT2D eigenvalue weighted by Crippen LogP contribution is 2.39. The lowest BCUT2D eigenvalue weighted by atomic mass is 10.2. The Labute approximate surface area is 235 Å². The lowest BCUT2D eigenvalue weighted by Crippen LogP contribution is -2.46. The van der Waals surface area contributed by atoms with Crippen molar-refractivity contribution in [2.45, 2.75) is 25.4 Å². The Morgan fingerprint density at radius 3 is 2.58 bits per heavy atom. The average molecular weight is 565 g/mol. The Hall–Kier alpha value is -3.67. The van der Waals surface area contributed by atoms with E-state index in [1.54, 1.807) is 18.3 Å². The first-order valence-electron chi connectivity index (χ1n) is 13.4. The number of thiophene rings is 1. The lowest BCUT2D eigenvalue weighted by molar-refractivity contribution is 0.121. The van der Waals surface area contributed by atoms with Crippen LogP contribution in [0.1, 0.15) is 18.4 Å². The molecule has 4 heterocycles. The van der Waals surface area contributed by atoms with Gasteiger partial charge in [0, 0.05) is 75.5 Å². The predicted molar refractivity (Wildman–Crippen MR) is 152 cm³/mol. The molecule has 0 bridgehead atoms. The number of benzene rings is 1. The van der Waals surface area contributed by atoms with Crippen molar-refractivity contribution in [1.82, 2.24) is 25.1 Å². The third-order valence-corrected chi connectivity index (χ3v) is 8.21. The molecule has 3 aromatic heterocycles. The number of anilines is 1. The van der Waals surface area contributed by atoms with E-state index in [0.29, 0.717) is 18.0 Å². The van der Waals surface area contributed by atoms with Crippen molar-refractivity contribution >= 4 is 33.3 Å². The summed E-state index contributed by atoms with van der Waals surface area (Å²) in [5, 5.41) is 5.46. The van der Waals surface area contributed by atoms with E-state index >= 15 is 0 Å². The Bertz CT molecular complexity index is 1490. The first-order valence-corrected chi connectivity index (χ1v) is 14.2. The van der Waals surface area contributed by atoms with Gasteiger partial charge < -0.3 is 15.4 Å². The molecule has 11 heteroatoms. The number of nitrogens with zero attached hydrogens (tertiary/aromatic N) is 4. The van der Waals surface area contributed by atoms with Crippen molar-refractivity contribution in [3.05, 3.63) is 66.2 Å².